The Morgan fingerprint density at radius 2 is 2.11 bits per heavy atom. The van der Waals surface area contributed by atoms with Crippen molar-refractivity contribution < 1.29 is 19.3 Å². The van der Waals surface area contributed by atoms with Crippen molar-refractivity contribution in [2.45, 2.75) is 31.7 Å². The lowest BCUT2D eigenvalue weighted by Gasteiger charge is -2.19. The Morgan fingerprint density at radius 3 is 2.83 bits per heavy atom. The summed E-state index contributed by atoms with van der Waals surface area (Å²) in [5.74, 6) is 0.992. The Labute approximate surface area is 107 Å². The van der Waals surface area contributed by atoms with Crippen LogP contribution < -0.4 is 4.74 Å². The first kappa shape index (κ1) is 13.3. The molecule has 1 N–H and O–H groups in total. The van der Waals surface area contributed by atoms with Crippen molar-refractivity contribution in [2.75, 3.05) is 20.8 Å². The molecule has 0 saturated carbocycles. The molecule has 100 valence electrons. The summed E-state index contributed by atoms with van der Waals surface area (Å²) in [6, 6.07) is 6.21. The third-order valence-corrected chi connectivity index (χ3v) is 3.26. The van der Waals surface area contributed by atoms with Gasteiger partial charge in [-0.1, -0.05) is 12.1 Å². The second-order valence-corrected chi connectivity index (χ2v) is 4.49. The van der Waals surface area contributed by atoms with Gasteiger partial charge in [0.15, 0.2) is 6.29 Å². The van der Waals surface area contributed by atoms with Crippen LogP contribution in [0.25, 0.3) is 0 Å². The third kappa shape index (κ3) is 3.02. The van der Waals surface area contributed by atoms with Gasteiger partial charge < -0.3 is 19.3 Å². The number of aliphatic hydroxyl groups is 1. The second-order valence-electron chi connectivity index (χ2n) is 4.49. The summed E-state index contributed by atoms with van der Waals surface area (Å²) >= 11 is 0. The molecule has 1 aromatic rings. The fourth-order valence-electron chi connectivity index (χ4n) is 2.26. The maximum atomic E-state index is 9.89. The van der Waals surface area contributed by atoms with E-state index in [2.05, 4.69) is 6.07 Å². The molecule has 0 amide bonds. The molecule has 0 spiro atoms. The predicted octanol–water partition coefficient (Wildman–Crippen LogP) is 1.53. The van der Waals surface area contributed by atoms with Crippen LogP contribution in [-0.4, -0.2) is 38.3 Å². The largest absolute Gasteiger partial charge is 0.493 e. The molecule has 0 aromatic heterocycles. The molecule has 1 aliphatic heterocycles. The normalized spacial score (nSPS) is 15.6. The maximum Gasteiger partial charge on any atom is 0.182 e. The molecule has 0 fully saturated rings. The SMILES string of the molecule is COC(OC)C(O)CCc1ccc2c(c1)CCO2. The summed E-state index contributed by atoms with van der Waals surface area (Å²) in [4.78, 5) is 0. The molecule has 1 aromatic carbocycles. The Morgan fingerprint density at radius 1 is 1.33 bits per heavy atom. The van der Waals surface area contributed by atoms with Crippen LogP contribution in [0.3, 0.4) is 0 Å². The van der Waals surface area contributed by atoms with Gasteiger partial charge in [0.05, 0.1) is 6.61 Å². The Balaban J connectivity index is 1.90. The Kier molecular flexibility index (Phi) is 4.58. The fraction of sp³-hybridized carbons (Fsp3) is 0.571. The minimum Gasteiger partial charge on any atom is -0.493 e. The molecule has 18 heavy (non-hydrogen) atoms. The molecule has 4 heteroatoms. The van der Waals surface area contributed by atoms with Gasteiger partial charge in [-0.15, -0.1) is 0 Å². The number of ether oxygens (including phenoxy) is 3. The molecule has 0 aliphatic carbocycles. The average Bonchev–Trinajstić information content (AvgIpc) is 2.85. The number of rotatable bonds is 6. The van der Waals surface area contributed by atoms with E-state index in [9.17, 15) is 5.11 Å². The summed E-state index contributed by atoms with van der Waals surface area (Å²) < 4.78 is 15.5. The van der Waals surface area contributed by atoms with Crippen LogP contribution in [-0.2, 0) is 22.3 Å². The van der Waals surface area contributed by atoms with E-state index in [4.69, 9.17) is 14.2 Å². The third-order valence-electron chi connectivity index (χ3n) is 3.26. The minimum atomic E-state index is -0.607. The highest BCUT2D eigenvalue weighted by molar-refractivity contribution is 5.39. The molecule has 0 bridgehead atoms. The van der Waals surface area contributed by atoms with Crippen molar-refractivity contribution in [3.05, 3.63) is 29.3 Å². The number of aryl methyl sites for hydroxylation is 1. The average molecular weight is 252 g/mol. The van der Waals surface area contributed by atoms with E-state index in [0.717, 1.165) is 25.2 Å². The van der Waals surface area contributed by atoms with E-state index in [1.54, 1.807) is 0 Å². The standard InChI is InChI=1S/C14H20O4/c1-16-14(17-2)12(15)5-3-10-4-6-13-11(9-10)7-8-18-13/h4,6,9,12,14-15H,3,5,7-8H2,1-2H3. The number of hydrogen-bond acceptors (Lipinski definition) is 4. The van der Waals surface area contributed by atoms with Gasteiger partial charge >= 0.3 is 0 Å². The van der Waals surface area contributed by atoms with Gasteiger partial charge in [0.25, 0.3) is 0 Å². The molecule has 1 unspecified atom stereocenters. The first-order valence-electron chi connectivity index (χ1n) is 6.23. The van der Waals surface area contributed by atoms with Crippen molar-refractivity contribution in [1.29, 1.82) is 0 Å². The number of benzene rings is 1. The van der Waals surface area contributed by atoms with Crippen LogP contribution in [0.1, 0.15) is 17.5 Å². The van der Waals surface area contributed by atoms with Gasteiger partial charge in [-0.25, -0.2) is 0 Å². The van der Waals surface area contributed by atoms with Gasteiger partial charge in [0.1, 0.15) is 11.9 Å². The molecular weight excluding hydrogens is 232 g/mol. The number of fused-ring (bicyclic) bond motifs is 1. The summed E-state index contributed by atoms with van der Waals surface area (Å²) in [5, 5.41) is 9.89. The van der Waals surface area contributed by atoms with Crippen LogP contribution in [0.2, 0.25) is 0 Å². The second kappa shape index (κ2) is 6.18. The van der Waals surface area contributed by atoms with Crippen molar-refractivity contribution in [1.82, 2.24) is 0 Å². The van der Waals surface area contributed by atoms with Gasteiger partial charge in [-0.05, 0) is 30.0 Å². The van der Waals surface area contributed by atoms with Crippen LogP contribution in [0.15, 0.2) is 18.2 Å². The first-order chi connectivity index (χ1) is 8.74. The van der Waals surface area contributed by atoms with E-state index in [1.807, 2.05) is 12.1 Å². The quantitative estimate of drug-likeness (QED) is 0.780. The lowest BCUT2D eigenvalue weighted by Crippen LogP contribution is -2.30. The van der Waals surface area contributed by atoms with Crippen LogP contribution in [0, 0.1) is 0 Å². The highest BCUT2D eigenvalue weighted by atomic mass is 16.7. The molecule has 4 nitrogen and oxygen atoms in total. The van der Waals surface area contributed by atoms with E-state index >= 15 is 0 Å². The van der Waals surface area contributed by atoms with Gasteiger partial charge in [-0.3, -0.25) is 0 Å². The van der Waals surface area contributed by atoms with E-state index in [-0.39, 0.29) is 0 Å². The molecular formula is C14H20O4. The lowest BCUT2D eigenvalue weighted by atomic mass is 10.0. The summed E-state index contributed by atoms with van der Waals surface area (Å²) in [6.07, 6.45) is 1.24. The maximum absolute atomic E-state index is 9.89. The van der Waals surface area contributed by atoms with E-state index < -0.39 is 12.4 Å². The number of methoxy groups -OCH3 is 2. The first-order valence-corrected chi connectivity index (χ1v) is 6.23. The van der Waals surface area contributed by atoms with Crippen molar-refractivity contribution >= 4 is 0 Å². The number of hydrogen-bond donors (Lipinski definition) is 1. The lowest BCUT2D eigenvalue weighted by molar-refractivity contribution is -0.165. The van der Waals surface area contributed by atoms with Gasteiger partial charge in [0.2, 0.25) is 0 Å². The zero-order chi connectivity index (χ0) is 13.0. The number of aliphatic hydroxyl groups excluding tert-OH is 1. The van der Waals surface area contributed by atoms with E-state index in [0.29, 0.717) is 6.42 Å². The summed E-state index contributed by atoms with van der Waals surface area (Å²) in [6.45, 7) is 0.775. The molecule has 1 aliphatic rings. The minimum absolute atomic E-state index is 0.553. The Bertz CT molecular complexity index is 387. The van der Waals surface area contributed by atoms with Crippen LogP contribution in [0.4, 0.5) is 0 Å². The van der Waals surface area contributed by atoms with Crippen LogP contribution in [0.5, 0.6) is 5.75 Å². The topological polar surface area (TPSA) is 47.9 Å². The molecule has 2 rings (SSSR count). The van der Waals surface area contributed by atoms with Crippen molar-refractivity contribution in [3.63, 3.8) is 0 Å². The predicted molar refractivity (Wildman–Crippen MR) is 67.8 cm³/mol. The molecule has 1 atom stereocenters. The van der Waals surface area contributed by atoms with Crippen molar-refractivity contribution in [2.24, 2.45) is 0 Å². The van der Waals surface area contributed by atoms with Gasteiger partial charge in [-0.2, -0.15) is 0 Å². The summed E-state index contributed by atoms with van der Waals surface area (Å²) in [5.41, 5.74) is 2.47. The zero-order valence-corrected chi connectivity index (χ0v) is 10.9. The van der Waals surface area contributed by atoms with E-state index in [1.165, 1.54) is 25.3 Å². The van der Waals surface area contributed by atoms with Crippen molar-refractivity contribution in [3.8, 4) is 5.75 Å². The highest BCUT2D eigenvalue weighted by Gasteiger charge is 2.18. The summed E-state index contributed by atoms with van der Waals surface area (Å²) in [7, 11) is 3.06. The van der Waals surface area contributed by atoms with Crippen LogP contribution >= 0.6 is 0 Å². The zero-order valence-electron chi connectivity index (χ0n) is 10.9. The monoisotopic (exact) mass is 252 g/mol. The molecule has 1 heterocycles. The fourth-order valence-corrected chi connectivity index (χ4v) is 2.26. The highest BCUT2D eigenvalue weighted by Crippen LogP contribution is 2.26. The molecule has 0 saturated heterocycles. The smallest absolute Gasteiger partial charge is 0.182 e. The molecule has 0 radical (unpaired) electrons. The van der Waals surface area contributed by atoms with Gasteiger partial charge in [0, 0.05) is 20.6 Å². The Hall–Kier alpha value is -1.10.